The molecule has 0 amide bonds. The van der Waals surface area contributed by atoms with Gasteiger partial charge in [-0.2, -0.15) is 0 Å². The Kier molecular flexibility index (Phi) is 6.04. The molecule has 226 valence electrons. The Morgan fingerprint density at radius 1 is 0.417 bits per heavy atom. The monoisotopic (exact) mass is 614 g/mol. The summed E-state index contributed by atoms with van der Waals surface area (Å²) in [5.41, 5.74) is 10.0. The smallest absolute Gasteiger partial charge is 0.136 e. The summed E-state index contributed by atoms with van der Waals surface area (Å²) < 4.78 is 12.7. The van der Waals surface area contributed by atoms with Gasteiger partial charge in [0.1, 0.15) is 22.3 Å². The summed E-state index contributed by atoms with van der Waals surface area (Å²) in [4.78, 5) is 0. The second-order valence-corrected chi connectivity index (χ2v) is 12.8. The van der Waals surface area contributed by atoms with Gasteiger partial charge in [-0.25, -0.2) is 0 Å². The summed E-state index contributed by atoms with van der Waals surface area (Å²) in [5.74, 6) is 0.0984. The van der Waals surface area contributed by atoms with Crippen LogP contribution in [0.4, 0.5) is 0 Å². The van der Waals surface area contributed by atoms with Crippen molar-refractivity contribution in [2.24, 2.45) is 0 Å². The predicted molar refractivity (Wildman–Crippen MR) is 200 cm³/mol. The highest BCUT2D eigenvalue weighted by Crippen LogP contribution is 2.41. The van der Waals surface area contributed by atoms with E-state index in [1.165, 1.54) is 54.7 Å². The number of furan rings is 2. The van der Waals surface area contributed by atoms with Crippen LogP contribution in [0.25, 0.3) is 76.5 Å². The fourth-order valence-electron chi connectivity index (χ4n) is 7.82. The molecule has 0 N–H and O–H groups in total. The fourth-order valence-corrected chi connectivity index (χ4v) is 7.82. The first kappa shape index (κ1) is 27.0. The maximum absolute atomic E-state index is 6.41. The zero-order chi connectivity index (χ0) is 31.6. The molecule has 8 aromatic carbocycles. The van der Waals surface area contributed by atoms with Crippen molar-refractivity contribution in [2.75, 3.05) is 0 Å². The second kappa shape index (κ2) is 10.7. The zero-order valence-electron chi connectivity index (χ0n) is 26.2. The number of fused-ring (bicyclic) bond motifs is 10. The minimum Gasteiger partial charge on any atom is -0.456 e. The first-order valence-electron chi connectivity index (χ1n) is 16.6. The quantitative estimate of drug-likeness (QED) is 0.180. The van der Waals surface area contributed by atoms with Crippen molar-refractivity contribution in [3.63, 3.8) is 0 Å². The average Bonchev–Trinajstić information content (AvgIpc) is 3.72. The molecule has 0 bridgehead atoms. The van der Waals surface area contributed by atoms with E-state index >= 15 is 0 Å². The van der Waals surface area contributed by atoms with Crippen LogP contribution in [0.15, 0.2) is 173 Å². The standard InChI is InChI=1S/C46H30O2/c1-2-10-30(11-3-1)34-12-4-5-13-35(34)39(33-22-24-37-36-14-6-8-16-41(36)48-44(37)28-33)26-29-18-19-31-20-21-32-23-25-43-46(45(32)40(31)27-29)38-15-7-9-17-42(38)47-43/h1-25,27-28,39H,26H2. The molecule has 10 rings (SSSR count). The molecule has 1 unspecified atom stereocenters. The van der Waals surface area contributed by atoms with Crippen LogP contribution in [0.5, 0.6) is 0 Å². The highest BCUT2D eigenvalue weighted by Gasteiger charge is 2.21. The van der Waals surface area contributed by atoms with Gasteiger partial charge in [-0.15, -0.1) is 0 Å². The maximum atomic E-state index is 6.41. The third-order valence-electron chi connectivity index (χ3n) is 10.1. The Labute approximate surface area is 277 Å². The Bertz CT molecular complexity index is 2820. The van der Waals surface area contributed by atoms with E-state index in [1.807, 2.05) is 12.1 Å². The summed E-state index contributed by atoms with van der Waals surface area (Å²) in [6.45, 7) is 0. The van der Waals surface area contributed by atoms with E-state index in [1.54, 1.807) is 0 Å². The van der Waals surface area contributed by atoms with Crippen molar-refractivity contribution in [3.05, 3.63) is 180 Å². The molecule has 2 aromatic heterocycles. The molecule has 0 aliphatic rings. The van der Waals surface area contributed by atoms with Crippen LogP contribution < -0.4 is 0 Å². The molecule has 0 fully saturated rings. The third-order valence-corrected chi connectivity index (χ3v) is 10.1. The number of rotatable bonds is 5. The molecule has 0 aliphatic heterocycles. The number of hydrogen-bond acceptors (Lipinski definition) is 2. The van der Waals surface area contributed by atoms with E-state index in [2.05, 4.69) is 152 Å². The molecule has 0 saturated heterocycles. The minimum absolute atomic E-state index is 0.0984. The molecule has 0 radical (unpaired) electrons. The summed E-state index contributed by atoms with van der Waals surface area (Å²) in [7, 11) is 0. The van der Waals surface area contributed by atoms with E-state index in [-0.39, 0.29) is 5.92 Å². The van der Waals surface area contributed by atoms with Crippen molar-refractivity contribution in [3.8, 4) is 11.1 Å². The third kappa shape index (κ3) is 4.27. The molecule has 0 spiro atoms. The molecular weight excluding hydrogens is 585 g/mol. The van der Waals surface area contributed by atoms with Gasteiger partial charge in [-0.05, 0) is 74.7 Å². The lowest BCUT2D eigenvalue weighted by molar-refractivity contribution is 0.667. The minimum atomic E-state index is 0.0984. The maximum Gasteiger partial charge on any atom is 0.136 e. The molecule has 2 nitrogen and oxygen atoms in total. The number of hydrogen-bond donors (Lipinski definition) is 0. The van der Waals surface area contributed by atoms with Gasteiger partial charge in [0.25, 0.3) is 0 Å². The van der Waals surface area contributed by atoms with Gasteiger partial charge in [0.2, 0.25) is 0 Å². The van der Waals surface area contributed by atoms with Crippen molar-refractivity contribution in [1.82, 2.24) is 0 Å². The highest BCUT2D eigenvalue weighted by atomic mass is 16.3. The van der Waals surface area contributed by atoms with Crippen LogP contribution in [0.3, 0.4) is 0 Å². The van der Waals surface area contributed by atoms with Gasteiger partial charge < -0.3 is 8.83 Å². The summed E-state index contributed by atoms with van der Waals surface area (Å²) >= 11 is 0. The first-order valence-corrected chi connectivity index (χ1v) is 16.6. The van der Waals surface area contributed by atoms with Crippen LogP contribution in [0.2, 0.25) is 0 Å². The summed E-state index contributed by atoms with van der Waals surface area (Å²) in [5, 5.41) is 9.61. The van der Waals surface area contributed by atoms with Gasteiger partial charge in [-0.3, -0.25) is 0 Å². The van der Waals surface area contributed by atoms with Crippen LogP contribution >= 0.6 is 0 Å². The van der Waals surface area contributed by atoms with Crippen molar-refractivity contribution in [1.29, 1.82) is 0 Å². The van der Waals surface area contributed by atoms with Gasteiger partial charge >= 0.3 is 0 Å². The fraction of sp³-hybridized carbons (Fsp3) is 0.0435. The van der Waals surface area contributed by atoms with Crippen molar-refractivity contribution >= 4 is 65.4 Å². The van der Waals surface area contributed by atoms with Crippen LogP contribution in [0, 0.1) is 0 Å². The van der Waals surface area contributed by atoms with Crippen LogP contribution in [-0.4, -0.2) is 0 Å². The summed E-state index contributed by atoms with van der Waals surface area (Å²) in [6.07, 6.45) is 0.837. The summed E-state index contributed by atoms with van der Waals surface area (Å²) in [6, 6.07) is 58.9. The molecule has 2 heteroatoms. The average molecular weight is 615 g/mol. The normalized spacial score (nSPS) is 12.6. The van der Waals surface area contributed by atoms with Crippen LogP contribution in [0.1, 0.15) is 22.6 Å². The van der Waals surface area contributed by atoms with Crippen molar-refractivity contribution in [2.45, 2.75) is 12.3 Å². The predicted octanol–water partition coefficient (Wildman–Crippen LogP) is 12.8. The second-order valence-electron chi connectivity index (χ2n) is 12.8. The van der Waals surface area contributed by atoms with E-state index in [0.29, 0.717) is 0 Å². The van der Waals surface area contributed by atoms with Crippen molar-refractivity contribution < 1.29 is 8.83 Å². The SMILES string of the molecule is c1ccc(-c2ccccc2C(Cc2ccc3ccc4ccc5oc6ccccc6c5c4c3c2)c2ccc3c(c2)oc2ccccc23)cc1. The number of benzene rings is 8. The Morgan fingerprint density at radius 3 is 1.98 bits per heavy atom. The largest absolute Gasteiger partial charge is 0.456 e. The van der Waals surface area contributed by atoms with Gasteiger partial charge in [0.05, 0.1) is 0 Å². The van der Waals surface area contributed by atoms with Gasteiger partial charge in [-0.1, -0.05) is 140 Å². The lowest BCUT2D eigenvalue weighted by Crippen LogP contribution is -2.07. The van der Waals surface area contributed by atoms with Gasteiger partial charge in [0.15, 0.2) is 0 Å². The zero-order valence-corrected chi connectivity index (χ0v) is 26.2. The first-order chi connectivity index (χ1) is 23.8. The Morgan fingerprint density at radius 2 is 1.08 bits per heavy atom. The lowest BCUT2D eigenvalue weighted by atomic mass is 9.81. The Hall–Kier alpha value is -6.12. The van der Waals surface area contributed by atoms with Crippen LogP contribution in [-0.2, 0) is 6.42 Å². The molecular formula is C46H30O2. The molecule has 2 heterocycles. The number of para-hydroxylation sites is 2. The molecule has 0 saturated carbocycles. The van der Waals surface area contributed by atoms with E-state index < -0.39 is 0 Å². The van der Waals surface area contributed by atoms with Gasteiger partial charge in [0, 0.05) is 32.8 Å². The molecule has 10 aromatic rings. The van der Waals surface area contributed by atoms with E-state index in [4.69, 9.17) is 8.83 Å². The lowest BCUT2D eigenvalue weighted by Gasteiger charge is -2.22. The highest BCUT2D eigenvalue weighted by molar-refractivity contribution is 6.26. The molecule has 0 aliphatic carbocycles. The Balaban J connectivity index is 1.19. The van der Waals surface area contributed by atoms with E-state index in [0.717, 1.165) is 44.9 Å². The topological polar surface area (TPSA) is 26.3 Å². The molecule has 48 heavy (non-hydrogen) atoms. The molecule has 1 atom stereocenters. The van der Waals surface area contributed by atoms with E-state index in [9.17, 15) is 0 Å².